The van der Waals surface area contributed by atoms with Gasteiger partial charge >= 0.3 is 0 Å². The van der Waals surface area contributed by atoms with E-state index in [4.69, 9.17) is 5.84 Å². The Hall–Kier alpha value is -1.95. The molecule has 0 spiro atoms. The molecule has 0 aliphatic rings. The van der Waals surface area contributed by atoms with Crippen molar-refractivity contribution in [3.05, 3.63) is 23.8 Å². The molecule has 0 fully saturated rings. The third-order valence-electron chi connectivity index (χ3n) is 2.98. The molecule has 3 N–H and O–H groups in total. The fraction of sp³-hybridized carbons (Fsp3) is 0.417. The van der Waals surface area contributed by atoms with Crippen LogP contribution in [0.4, 0.5) is 5.82 Å². The highest BCUT2D eigenvalue weighted by Crippen LogP contribution is 2.22. The van der Waals surface area contributed by atoms with E-state index in [0.29, 0.717) is 17.7 Å². The Labute approximate surface area is 106 Å². The lowest BCUT2D eigenvalue weighted by atomic mass is 10.2. The molecule has 2 heterocycles. The van der Waals surface area contributed by atoms with Gasteiger partial charge in [0.25, 0.3) is 0 Å². The molecule has 0 saturated carbocycles. The third kappa shape index (κ3) is 2.06. The van der Waals surface area contributed by atoms with Crippen molar-refractivity contribution in [3.63, 3.8) is 0 Å². The van der Waals surface area contributed by atoms with Gasteiger partial charge in [0.15, 0.2) is 5.82 Å². The van der Waals surface area contributed by atoms with Crippen LogP contribution >= 0.6 is 0 Å². The van der Waals surface area contributed by atoms with Gasteiger partial charge in [-0.1, -0.05) is 0 Å². The Morgan fingerprint density at radius 1 is 1.28 bits per heavy atom. The number of hydrogen-bond acceptors (Lipinski definition) is 5. The van der Waals surface area contributed by atoms with Crippen molar-refractivity contribution in [1.29, 1.82) is 0 Å². The number of imidazole rings is 1. The fourth-order valence-electron chi connectivity index (χ4n) is 1.77. The van der Waals surface area contributed by atoms with Gasteiger partial charge < -0.3 is 9.99 Å². The summed E-state index contributed by atoms with van der Waals surface area (Å²) in [4.78, 5) is 13.1. The first-order chi connectivity index (χ1) is 8.54. The number of nitrogens with zero attached hydrogens (tertiary/aromatic N) is 4. The number of nitrogens with one attached hydrogen (secondary N) is 1. The first-order valence-electron chi connectivity index (χ1n) is 5.88. The predicted molar refractivity (Wildman–Crippen MR) is 70.9 cm³/mol. The summed E-state index contributed by atoms with van der Waals surface area (Å²) in [7, 11) is 0. The number of hydrazine groups is 1. The lowest BCUT2D eigenvalue weighted by Crippen LogP contribution is -2.13. The van der Waals surface area contributed by atoms with Gasteiger partial charge in [0.1, 0.15) is 11.5 Å². The summed E-state index contributed by atoms with van der Waals surface area (Å²) in [5.74, 6) is 6.76. The number of aromatic nitrogens is 4. The first kappa shape index (κ1) is 12.5. The molecule has 2 rings (SSSR count). The fourth-order valence-corrected chi connectivity index (χ4v) is 1.77. The summed E-state index contributed by atoms with van der Waals surface area (Å²) in [6, 6.07) is 0.307. The lowest BCUT2D eigenvalue weighted by Gasteiger charge is -2.13. The SMILES string of the molecule is Cc1nc(-c2cncn2C(C)C)nc(NN)c1C. The largest absolute Gasteiger partial charge is 0.325 e. The standard InChI is InChI=1S/C12H18N6/c1-7(2)18-6-14-5-10(18)12-15-9(4)8(3)11(16-12)17-13/h5-7H,13H2,1-4H3,(H,15,16,17). The molecule has 96 valence electrons. The van der Waals surface area contributed by atoms with Crippen molar-refractivity contribution >= 4 is 5.82 Å². The van der Waals surface area contributed by atoms with E-state index in [1.807, 2.05) is 18.4 Å². The highest BCUT2D eigenvalue weighted by Gasteiger charge is 2.13. The van der Waals surface area contributed by atoms with E-state index in [1.54, 1.807) is 12.5 Å². The Morgan fingerprint density at radius 2 is 2.00 bits per heavy atom. The van der Waals surface area contributed by atoms with Crippen molar-refractivity contribution < 1.29 is 0 Å². The number of anilines is 1. The van der Waals surface area contributed by atoms with Crippen molar-refractivity contribution in [2.75, 3.05) is 5.43 Å². The molecule has 0 aliphatic heterocycles. The monoisotopic (exact) mass is 246 g/mol. The van der Waals surface area contributed by atoms with Crippen LogP contribution in [0.2, 0.25) is 0 Å². The van der Waals surface area contributed by atoms with E-state index in [0.717, 1.165) is 17.0 Å². The topological polar surface area (TPSA) is 81.7 Å². The normalized spacial score (nSPS) is 11.0. The first-order valence-corrected chi connectivity index (χ1v) is 5.88. The summed E-state index contributed by atoms with van der Waals surface area (Å²) in [5, 5.41) is 0. The van der Waals surface area contributed by atoms with Crippen LogP contribution in [0.5, 0.6) is 0 Å². The maximum atomic E-state index is 5.48. The quantitative estimate of drug-likeness (QED) is 0.637. The van der Waals surface area contributed by atoms with Crippen LogP contribution in [0.15, 0.2) is 12.5 Å². The van der Waals surface area contributed by atoms with Crippen LogP contribution in [0.25, 0.3) is 11.5 Å². The van der Waals surface area contributed by atoms with Crippen LogP contribution < -0.4 is 11.3 Å². The molecule has 0 aromatic carbocycles. The molecular weight excluding hydrogens is 228 g/mol. The Kier molecular flexibility index (Phi) is 3.29. The van der Waals surface area contributed by atoms with Crippen LogP contribution in [0.3, 0.4) is 0 Å². The summed E-state index contributed by atoms with van der Waals surface area (Å²) in [5.41, 5.74) is 5.36. The van der Waals surface area contributed by atoms with Crippen molar-refractivity contribution in [1.82, 2.24) is 19.5 Å². The van der Waals surface area contributed by atoms with Gasteiger partial charge in [-0.2, -0.15) is 0 Å². The average molecular weight is 246 g/mol. The summed E-state index contributed by atoms with van der Waals surface area (Å²) in [6.45, 7) is 8.06. The minimum Gasteiger partial charge on any atom is -0.325 e. The second-order valence-corrected chi connectivity index (χ2v) is 4.53. The van der Waals surface area contributed by atoms with Gasteiger partial charge in [-0.25, -0.2) is 20.8 Å². The molecule has 0 atom stereocenters. The molecule has 0 bridgehead atoms. The molecule has 6 nitrogen and oxygen atoms in total. The Balaban J connectivity index is 2.57. The van der Waals surface area contributed by atoms with E-state index >= 15 is 0 Å². The van der Waals surface area contributed by atoms with Gasteiger partial charge in [0.05, 0.1) is 12.5 Å². The van der Waals surface area contributed by atoms with E-state index in [2.05, 4.69) is 34.2 Å². The summed E-state index contributed by atoms with van der Waals surface area (Å²) >= 11 is 0. The van der Waals surface area contributed by atoms with Gasteiger partial charge in [-0.3, -0.25) is 0 Å². The summed E-state index contributed by atoms with van der Waals surface area (Å²) < 4.78 is 2.03. The molecule has 2 aromatic rings. The highest BCUT2D eigenvalue weighted by molar-refractivity contribution is 5.55. The number of rotatable bonds is 3. The second-order valence-electron chi connectivity index (χ2n) is 4.53. The minimum atomic E-state index is 0.307. The number of hydrogen-bond donors (Lipinski definition) is 2. The number of aryl methyl sites for hydroxylation is 1. The van der Waals surface area contributed by atoms with Crippen molar-refractivity contribution in [2.45, 2.75) is 33.7 Å². The summed E-state index contributed by atoms with van der Waals surface area (Å²) in [6.07, 6.45) is 3.55. The second kappa shape index (κ2) is 4.73. The molecular formula is C12H18N6. The molecule has 0 radical (unpaired) electrons. The molecule has 2 aromatic heterocycles. The van der Waals surface area contributed by atoms with Gasteiger partial charge in [-0.05, 0) is 27.7 Å². The van der Waals surface area contributed by atoms with E-state index in [-0.39, 0.29) is 0 Å². The smallest absolute Gasteiger partial charge is 0.180 e. The molecule has 0 aliphatic carbocycles. The van der Waals surface area contributed by atoms with Gasteiger partial charge in [0.2, 0.25) is 0 Å². The van der Waals surface area contributed by atoms with Gasteiger partial charge in [0, 0.05) is 17.3 Å². The molecule has 0 saturated heterocycles. The Bertz CT molecular complexity index is 558. The zero-order valence-corrected chi connectivity index (χ0v) is 11.1. The maximum Gasteiger partial charge on any atom is 0.180 e. The predicted octanol–water partition coefficient (Wildman–Crippen LogP) is 1.82. The van der Waals surface area contributed by atoms with Crippen molar-refractivity contribution in [3.8, 4) is 11.5 Å². The highest BCUT2D eigenvalue weighted by atomic mass is 15.3. The van der Waals surface area contributed by atoms with Crippen LogP contribution in [-0.4, -0.2) is 19.5 Å². The van der Waals surface area contributed by atoms with Crippen LogP contribution in [0.1, 0.15) is 31.1 Å². The minimum absolute atomic E-state index is 0.307. The Morgan fingerprint density at radius 3 is 2.61 bits per heavy atom. The molecule has 18 heavy (non-hydrogen) atoms. The maximum absolute atomic E-state index is 5.48. The van der Waals surface area contributed by atoms with Crippen molar-refractivity contribution in [2.24, 2.45) is 5.84 Å². The van der Waals surface area contributed by atoms with E-state index in [9.17, 15) is 0 Å². The van der Waals surface area contributed by atoms with Crippen LogP contribution in [0, 0.1) is 13.8 Å². The average Bonchev–Trinajstić information content (AvgIpc) is 2.81. The third-order valence-corrected chi connectivity index (χ3v) is 2.98. The number of nitrogens with two attached hydrogens (primary N) is 1. The lowest BCUT2D eigenvalue weighted by molar-refractivity contribution is 0.603. The number of nitrogen functional groups attached to an aromatic ring is 1. The van der Waals surface area contributed by atoms with E-state index < -0.39 is 0 Å². The molecule has 0 amide bonds. The molecule has 6 heteroatoms. The van der Waals surface area contributed by atoms with Crippen LogP contribution in [-0.2, 0) is 0 Å². The zero-order valence-electron chi connectivity index (χ0n) is 11.1. The zero-order chi connectivity index (χ0) is 13.3. The molecule has 0 unspecified atom stereocenters. The van der Waals surface area contributed by atoms with Gasteiger partial charge in [-0.15, -0.1) is 0 Å². The van der Waals surface area contributed by atoms with E-state index in [1.165, 1.54) is 0 Å².